The lowest BCUT2D eigenvalue weighted by molar-refractivity contribution is -0.117. The number of carbonyl (C=O) groups is 1. The van der Waals surface area contributed by atoms with Gasteiger partial charge in [0.05, 0.1) is 24.4 Å². The summed E-state index contributed by atoms with van der Waals surface area (Å²) in [5.74, 6) is 0.453. The van der Waals surface area contributed by atoms with E-state index < -0.39 is 0 Å². The molecule has 1 unspecified atom stereocenters. The maximum atomic E-state index is 12.4. The number of hydrogen-bond acceptors (Lipinski definition) is 5. The normalized spacial score (nSPS) is 12.0. The van der Waals surface area contributed by atoms with Gasteiger partial charge in [0, 0.05) is 11.7 Å². The van der Waals surface area contributed by atoms with Crippen LogP contribution < -0.4 is 10.1 Å². The van der Waals surface area contributed by atoms with Gasteiger partial charge < -0.3 is 10.1 Å². The molecule has 2 aromatic carbocycles. The molecular weight excluding hydrogens is 378 g/mol. The van der Waals surface area contributed by atoms with E-state index in [-0.39, 0.29) is 18.5 Å². The second kappa shape index (κ2) is 8.86. The van der Waals surface area contributed by atoms with E-state index in [9.17, 15) is 4.79 Å². The first-order chi connectivity index (χ1) is 13.5. The molecule has 0 aliphatic heterocycles. The average Bonchev–Trinajstić information content (AvgIpc) is 3.22. The Morgan fingerprint density at radius 2 is 2.04 bits per heavy atom. The molecule has 1 amide bonds. The van der Waals surface area contributed by atoms with E-state index >= 15 is 0 Å². The molecule has 3 rings (SSSR count). The Morgan fingerprint density at radius 1 is 1.29 bits per heavy atom. The second-order valence-electron chi connectivity index (χ2n) is 6.42. The van der Waals surface area contributed by atoms with Crippen molar-refractivity contribution < 1.29 is 9.53 Å². The highest BCUT2D eigenvalue weighted by molar-refractivity contribution is 6.32. The Hall–Kier alpha value is -2.90. The first-order valence-corrected chi connectivity index (χ1v) is 9.14. The summed E-state index contributed by atoms with van der Waals surface area (Å²) in [6.45, 7) is 2.30. The van der Waals surface area contributed by atoms with Gasteiger partial charge in [0.1, 0.15) is 18.4 Å². The molecule has 1 aromatic heterocycles. The van der Waals surface area contributed by atoms with Gasteiger partial charge in [0.15, 0.2) is 0 Å². The molecule has 0 fully saturated rings. The third kappa shape index (κ3) is 4.68. The van der Waals surface area contributed by atoms with Gasteiger partial charge in [-0.25, -0.2) is 9.67 Å². The highest BCUT2D eigenvalue weighted by Gasteiger charge is 2.15. The number of nitrogens with zero attached hydrogens (tertiary/aromatic N) is 4. The average molecular weight is 400 g/mol. The molecule has 0 aliphatic rings. The predicted molar refractivity (Wildman–Crippen MR) is 109 cm³/mol. The monoisotopic (exact) mass is 399 g/mol. The van der Waals surface area contributed by atoms with Crippen LogP contribution in [0, 0.1) is 0 Å². The number of likely N-dealkylation sites (N-methyl/N-ethyl adjacent to an activating group) is 1. The maximum absolute atomic E-state index is 12.4. The number of benzene rings is 2. The number of aromatic nitrogens is 3. The Labute approximate surface area is 168 Å². The van der Waals surface area contributed by atoms with Crippen LogP contribution >= 0.6 is 11.6 Å². The van der Waals surface area contributed by atoms with Crippen molar-refractivity contribution in [2.45, 2.75) is 13.0 Å². The van der Waals surface area contributed by atoms with E-state index in [4.69, 9.17) is 16.3 Å². The summed E-state index contributed by atoms with van der Waals surface area (Å²) >= 11 is 6.10. The number of carbonyl (C=O) groups excluding carboxylic acids is 1. The number of anilines is 1. The van der Waals surface area contributed by atoms with Gasteiger partial charge >= 0.3 is 0 Å². The summed E-state index contributed by atoms with van der Waals surface area (Å²) in [5, 5.41) is 7.43. The molecule has 1 N–H and O–H groups in total. The minimum Gasteiger partial charge on any atom is -0.495 e. The van der Waals surface area contributed by atoms with E-state index in [0.29, 0.717) is 16.5 Å². The van der Waals surface area contributed by atoms with E-state index in [1.165, 1.54) is 6.33 Å². The highest BCUT2D eigenvalue weighted by atomic mass is 35.5. The Bertz CT molecular complexity index is 928. The fourth-order valence-electron chi connectivity index (χ4n) is 2.81. The Balaban J connectivity index is 1.59. The third-order valence-electron chi connectivity index (χ3n) is 4.55. The van der Waals surface area contributed by atoms with Crippen LogP contribution in [0.3, 0.4) is 0 Å². The van der Waals surface area contributed by atoms with Gasteiger partial charge in [-0.1, -0.05) is 23.7 Å². The molecule has 146 valence electrons. The molecule has 0 spiro atoms. The summed E-state index contributed by atoms with van der Waals surface area (Å²) in [4.78, 5) is 18.3. The SMILES string of the molecule is COc1ccc(NC(=O)CN(C)C(C)c2ccc(-n3cncn3)cc2)cc1Cl. The van der Waals surface area contributed by atoms with Gasteiger partial charge in [-0.3, -0.25) is 9.69 Å². The molecule has 8 heteroatoms. The Morgan fingerprint density at radius 3 is 2.64 bits per heavy atom. The van der Waals surface area contributed by atoms with Crippen LogP contribution in [0.5, 0.6) is 5.75 Å². The molecule has 0 bridgehead atoms. The third-order valence-corrected chi connectivity index (χ3v) is 4.84. The smallest absolute Gasteiger partial charge is 0.238 e. The van der Waals surface area contributed by atoms with Crippen LogP contribution in [0.1, 0.15) is 18.5 Å². The van der Waals surface area contributed by atoms with Crippen LogP contribution in [0.25, 0.3) is 5.69 Å². The van der Waals surface area contributed by atoms with Crippen molar-refractivity contribution in [1.29, 1.82) is 0 Å². The van der Waals surface area contributed by atoms with Crippen molar-refractivity contribution in [3.8, 4) is 11.4 Å². The zero-order chi connectivity index (χ0) is 20.1. The molecule has 0 saturated carbocycles. The lowest BCUT2D eigenvalue weighted by Gasteiger charge is -2.24. The molecule has 0 saturated heterocycles. The van der Waals surface area contributed by atoms with Crippen LogP contribution in [-0.2, 0) is 4.79 Å². The standard InChI is InChI=1S/C20H22ClN5O2/c1-14(15-4-7-17(8-5-15)26-13-22-12-23-26)25(2)11-20(27)24-16-6-9-19(28-3)18(21)10-16/h4-10,12-14H,11H2,1-3H3,(H,24,27). The van der Waals surface area contributed by atoms with E-state index in [0.717, 1.165) is 11.3 Å². The van der Waals surface area contributed by atoms with Gasteiger partial charge in [-0.05, 0) is 49.9 Å². The van der Waals surface area contributed by atoms with E-state index in [1.54, 1.807) is 36.3 Å². The zero-order valence-electron chi connectivity index (χ0n) is 16.0. The minimum absolute atomic E-state index is 0.0648. The number of amides is 1. The van der Waals surface area contributed by atoms with Crippen LogP contribution in [0.4, 0.5) is 5.69 Å². The van der Waals surface area contributed by atoms with Crippen molar-refractivity contribution in [1.82, 2.24) is 19.7 Å². The van der Waals surface area contributed by atoms with E-state index in [2.05, 4.69) is 22.3 Å². The number of rotatable bonds is 7. The first kappa shape index (κ1) is 19.9. The fraction of sp³-hybridized carbons (Fsp3) is 0.250. The summed E-state index contributed by atoms with van der Waals surface area (Å²) < 4.78 is 6.82. The van der Waals surface area contributed by atoms with Crippen molar-refractivity contribution in [2.75, 3.05) is 26.0 Å². The summed E-state index contributed by atoms with van der Waals surface area (Å²) in [7, 11) is 3.46. The molecule has 1 heterocycles. The van der Waals surface area contributed by atoms with Gasteiger partial charge in [0.2, 0.25) is 5.91 Å². The van der Waals surface area contributed by atoms with Crippen LogP contribution in [-0.4, -0.2) is 46.3 Å². The highest BCUT2D eigenvalue weighted by Crippen LogP contribution is 2.27. The second-order valence-corrected chi connectivity index (χ2v) is 6.83. The number of nitrogens with one attached hydrogen (secondary N) is 1. The molecule has 3 aromatic rings. The minimum atomic E-state index is -0.116. The first-order valence-electron chi connectivity index (χ1n) is 8.76. The Kier molecular flexibility index (Phi) is 6.28. The number of methoxy groups -OCH3 is 1. The summed E-state index contributed by atoms with van der Waals surface area (Å²) in [6.07, 6.45) is 3.15. The van der Waals surface area contributed by atoms with Gasteiger partial charge in [0.25, 0.3) is 0 Å². The largest absolute Gasteiger partial charge is 0.495 e. The van der Waals surface area contributed by atoms with Gasteiger partial charge in [-0.15, -0.1) is 0 Å². The molecule has 28 heavy (non-hydrogen) atoms. The predicted octanol–water partition coefficient (Wildman–Crippen LogP) is 3.56. The molecule has 7 nitrogen and oxygen atoms in total. The van der Waals surface area contributed by atoms with Crippen molar-refractivity contribution in [3.05, 3.63) is 65.7 Å². The van der Waals surface area contributed by atoms with Crippen LogP contribution in [0.15, 0.2) is 55.1 Å². The van der Waals surface area contributed by atoms with Crippen LogP contribution in [0.2, 0.25) is 5.02 Å². The van der Waals surface area contributed by atoms with Gasteiger partial charge in [-0.2, -0.15) is 5.10 Å². The quantitative estimate of drug-likeness (QED) is 0.657. The molecule has 0 aliphatic carbocycles. The summed E-state index contributed by atoms with van der Waals surface area (Å²) in [5.41, 5.74) is 2.67. The number of hydrogen-bond donors (Lipinski definition) is 1. The van der Waals surface area contributed by atoms with Crippen molar-refractivity contribution in [3.63, 3.8) is 0 Å². The topological polar surface area (TPSA) is 72.3 Å². The van der Waals surface area contributed by atoms with Crippen molar-refractivity contribution >= 4 is 23.2 Å². The zero-order valence-corrected chi connectivity index (χ0v) is 16.7. The molecule has 1 atom stereocenters. The lowest BCUT2D eigenvalue weighted by atomic mass is 10.1. The summed E-state index contributed by atoms with van der Waals surface area (Å²) in [6, 6.07) is 13.2. The van der Waals surface area contributed by atoms with E-state index in [1.807, 2.05) is 36.2 Å². The maximum Gasteiger partial charge on any atom is 0.238 e. The number of ether oxygens (including phenoxy) is 1. The lowest BCUT2D eigenvalue weighted by Crippen LogP contribution is -2.32. The van der Waals surface area contributed by atoms with Crippen molar-refractivity contribution in [2.24, 2.45) is 0 Å². The number of halogens is 1. The molecule has 0 radical (unpaired) electrons. The molecular formula is C20H22ClN5O2. The fourth-order valence-corrected chi connectivity index (χ4v) is 3.07.